The number of nitrogens with two attached hydrogens (primary N) is 1. The molecule has 4 heteroatoms. The fourth-order valence-electron chi connectivity index (χ4n) is 1.94. The predicted octanol–water partition coefficient (Wildman–Crippen LogP) is 2.16. The molecule has 98 valence electrons. The van der Waals surface area contributed by atoms with Crippen molar-refractivity contribution in [3.05, 3.63) is 23.8 Å². The fraction of sp³-hybridized carbons (Fsp3) is 0.500. The number of ether oxygens (including phenoxy) is 2. The summed E-state index contributed by atoms with van der Waals surface area (Å²) in [5.41, 5.74) is 6.01. The van der Waals surface area contributed by atoms with Gasteiger partial charge in [-0.05, 0) is 37.9 Å². The second-order valence-electron chi connectivity index (χ2n) is 4.47. The highest BCUT2D eigenvalue weighted by molar-refractivity contribution is 5.99. The standard InChI is InChI=1S/C14H19NO3/c1-17-13-7-3-6-11(12(16)8-9-15)14(13)18-10-4-2-5-10/h3,6-7,10H,2,4-5,8-9,15H2,1H3. The van der Waals surface area contributed by atoms with Gasteiger partial charge < -0.3 is 15.2 Å². The molecule has 1 aromatic rings. The molecule has 0 aromatic heterocycles. The van der Waals surface area contributed by atoms with E-state index in [-0.39, 0.29) is 11.9 Å². The minimum Gasteiger partial charge on any atom is -0.493 e. The lowest BCUT2D eigenvalue weighted by Crippen LogP contribution is -2.25. The van der Waals surface area contributed by atoms with Crippen molar-refractivity contribution in [3.8, 4) is 11.5 Å². The van der Waals surface area contributed by atoms with E-state index in [1.165, 1.54) is 6.42 Å². The molecule has 0 radical (unpaired) electrons. The van der Waals surface area contributed by atoms with Gasteiger partial charge in [0.15, 0.2) is 17.3 Å². The van der Waals surface area contributed by atoms with Gasteiger partial charge in [-0.25, -0.2) is 0 Å². The third-order valence-corrected chi connectivity index (χ3v) is 3.21. The number of carbonyl (C=O) groups is 1. The summed E-state index contributed by atoms with van der Waals surface area (Å²) in [7, 11) is 1.58. The molecule has 2 N–H and O–H groups in total. The van der Waals surface area contributed by atoms with Crippen molar-refractivity contribution in [2.24, 2.45) is 5.73 Å². The average Bonchev–Trinajstić information content (AvgIpc) is 2.33. The average molecular weight is 249 g/mol. The smallest absolute Gasteiger partial charge is 0.172 e. The Bertz CT molecular complexity index is 427. The van der Waals surface area contributed by atoms with E-state index >= 15 is 0 Å². The third kappa shape index (κ3) is 2.64. The maximum absolute atomic E-state index is 12.0. The second kappa shape index (κ2) is 5.87. The highest BCUT2D eigenvalue weighted by atomic mass is 16.5. The van der Waals surface area contributed by atoms with Gasteiger partial charge in [0.2, 0.25) is 0 Å². The zero-order valence-electron chi connectivity index (χ0n) is 10.6. The van der Waals surface area contributed by atoms with E-state index < -0.39 is 0 Å². The van der Waals surface area contributed by atoms with Crippen molar-refractivity contribution < 1.29 is 14.3 Å². The van der Waals surface area contributed by atoms with Crippen LogP contribution in [0.4, 0.5) is 0 Å². The summed E-state index contributed by atoms with van der Waals surface area (Å²) in [6.07, 6.45) is 3.82. The molecule has 4 nitrogen and oxygen atoms in total. The molecule has 1 saturated carbocycles. The van der Waals surface area contributed by atoms with Crippen LogP contribution in [0.2, 0.25) is 0 Å². The Morgan fingerprint density at radius 1 is 1.44 bits per heavy atom. The molecule has 0 amide bonds. The Morgan fingerprint density at radius 3 is 2.78 bits per heavy atom. The Kier molecular flexibility index (Phi) is 4.20. The third-order valence-electron chi connectivity index (χ3n) is 3.21. The molecule has 1 aliphatic carbocycles. The van der Waals surface area contributed by atoms with E-state index in [9.17, 15) is 4.79 Å². The van der Waals surface area contributed by atoms with Gasteiger partial charge >= 0.3 is 0 Å². The molecule has 0 bridgehead atoms. The summed E-state index contributed by atoms with van der Waals surface area (Å²) in [6.45, 7) is 0.346. The number of rotatable bonds is 6. The Morgan fingerprint density at radius 2 is 2.22 bits per heavy atom. The molecule has 0 atom stereocenters. The first-order valence-electron chi connectivity index (χ1n) is 6.33. The van der Waals surface area contributed by atoms with E-state index in [0.29, 0.717) is 30.0 Å². The minimum atomic E-state index is 0.00530. The predicted molar refractivity (Wildman–Crippen MR) is 69.3 cm³/mol. The number of hydrogen-bond donors (Lipinski definition) is 1. The summed E-state index contributed by atoms with van der Waals surface area (Å²) in [5.74, 6) is 1.19. The molecule has 0 unspecified atom stereocenters. The van der Waals surface area contributed by atoms with Crippen LogP contribution in [0.5, 0.6) is 11.5 Å². The molecule has 0 saturated heterocycles. The van der Waals surface area contributed by atoms with Crippen LogP contribution < -0.4 is 15.2 Å². The van der Waals surface area contributed by atoms with Gasteiger partial charge in [0.1, 0.15) is 0 Å². The molecule has 2 rings (SSSR count). The molecular weight excluding hydrogens is 230 g/mol. The van der Waals surface area contributed by atoms with Crippen molar-refractivity contribution in [1.82, 2.24) is 0 Å². The summed E-state index contributed by atoms with van der Waals surface area (Å²) in [4.78, 5) is 12.0. The van der Waals surface area contributed by atoms with Crippen LogP contribution in [0.15, 0.2) is 18.2 Å². The van der Waals surface area contributed by atoms with Crippen LogP contribution in [-0.4, -0.2) is 25.5 Å². The summed E-state index contributed by atoms with van der Waals surface area (Å²) in [5, 5.41) is 0. The first kappa shape index (κ1) is 12.9. The lowest BCUT2D eigenvalue weighted by atomic mass is 9.96. The molecular formula is C14H19NO3. The molecule has 1 aliphatic rings. The normalized spacial score (nSPS) is 15.0. The lowest BCUT2D eigenvalue weighted by molar-refractivity contribution is 0.0951. The number of hydrogen-bond acceptors (Lipinski definition) is 4. The number of ketones is 1. The fourth-order valence-corrected chi connectivity index (χ4v) is 1.94. The lowest BCUT2D eigenvalue weighted by Gasteiger charge is -2.28. The maximum atomic E-state index is 12.0. The van der Waals surface area contributed by atoms with Crippen molar-refractivity contribution in [1.29, 1.82) is 0 Å². The van der Waals surface area contributed by atoms with Gasteiger partial charge in [-0.3, -0.25) is 4.79 Å². The second-order valence-corrected chi connectivity index (χ2v) is 4.47. The Hall–Kier alpha value is -1.55. The quantitative estimate of drug-likeness (QED) is 0.785. The minimum absolute atomic E-state index is 0.00530. The number of benzene rings is 1. The number of Topliss-reactive ketones (excluding diaryl/α,β-unsaturated/α-hetero) is 1. The molecule has 0 spiro atoms. The summed E-state index contributed by atoms with van der Waals surface area (Å²) >= 11 is 0. The van der Waals surface area contributed by atoms with E-state index in [4.69, 9.17) is 15.2 Å². The molecule has 1 aromatic carbocycles. The topological polar surface area (TPSA) is 61.5 Å². The van der Waals surface area contributed by atoms with Crippen LogP contribution >= 0.6 is 0 Å². The molecule has 0 heterocycles. The first-order valence-corrected chi connectivity index (χ1v) is 6.33. The Balaban J connectivity index is 2.27. The van der Waals surface area contributed by atoms with E-state index in [1.54, 1.807) is 19.2 Å². The van der Waals surface area contributed by atoms with Crippen LogP contribution in [0.25, 0.3) is 0 Å². The largest absolute Gasteiger partial charge is 0.493 e. The van der Waals surface area contributed by atoms with Crippen molar-refractivity contribution in [2.75, 3.05) is 13.7 Å². The van der Waals surface area contributed by atoms with Gasteiger partial charge in [-0.15, -0.1) is 0 Å². The number of carbonyl (C=O) groups excluding carboxylic acids is 1. The van der Waals surface area contributed by atoms with Crippen molar-refractivity contribution >= 4 is 5.78 Å². The van der Waals surface area contributed by atoms with Crippen molar-refractivity contribution in [2.45, 2.75) is 31.8 Å². The first-order chi connectivity index (χ1) is 8.76. The summed E-state index contributed by atoms with van der Waals surface area (Å²) in [6, 6.07) is 5.39. The van der Waals surface area contributed by atoms with Gasteiger partial charge in [0.05, 0.1) is 18.8 Å². The van der Waals surface area contributed by atoms with Gasteiger partial charge in [-0.2, -0.15) is 0 Å². The number of methoxy groups -OCH3 is 1. The van der Waals surface area contributed by atoms with E-state index in [2.05, 4.69) is 0 Å². The van der Waals surface area contributed by atoms with Gasteiger partial charge in [0, 0.05) is 6.42 Å². The van der Waals surface area contributed by atoms with Crippen LogP contribution in [0.3, 0.4) is 0 Å². The molecule has 18 heavy (non-hydrogen) atoms. The zero-order valence-corrected chi connectivity index (χ0v) is 10.6. The van der Waals surface area contributed by atoms with E-state index in [0.717, 1.165) is 12.8 Å². The maximum Gasteiger partial charge on any atom is 0.172 e. The molecule has 1 fully saturated rings. The number of para-hydroxylation sites is 1. The molecule has 0 aliphatic heterocycles. The zero-order chi connectivity index (χ0) is 13.0. The highest BCUT2D eigenvalue weighted by Gasteiger charge is 2.24. The van der Waals surface area contributed by atoms with Gasteiger partial charge in [0.25, 0.3) is 0 Å². The van der Waals surface area contributed by atoms with Crippen molar-refractivity contribution in [3.63, 3.8) is 0 Å². The van der Waals surface area contributed by atoms with E-state index in [1.807, 2.05) is 6.07 Å². The SMILES string of the molecule is COc1cccc(C(=O)CCN)c1OC1CCC1. The monoisotopic (exact) mass is 249 g/mol. The van der Waals surface area contributed by atoms with Crippen LogP contribution in [-0.2, 0) is 0 Å². The highest BCUT2D eigenvalue weighted by Crippen LogP contribution is 2.35. The summed E-state index contributed by atoms with van der Waals surface area (Å²) < 4.78 is 11.2. The van der Waals surface area contributed by atoms with Gasteiger partial charge in [-0.1, -0.05) is 6.07 Å². The van der Waals surface area contributed by atoms with Crippen LogP contribution in [0, 0.1) is 0 Å². The Labute approximate surface area is 107 Å². The van der Waals surface area contributed by atoms with Crippen LogP contribution in [0.1, 0.15) is 36.0 Å².